The van der Waals surface area contributed by atoms with Crippen molar-refractivity contribution in [2.75, 3.05) is 31.4 Å². The van der Waals surface area contributed by atoms with Crippen LogP contribution in [0.15, 0.2) is 60.8 Å². The lowest BCUT2D eigenvalue weighted by Crippen LogP contribution is -2.09. The van der Waals surface area contributed by atoms with Crippen molar-refractivity contribution >= 4 is 11.8 Å². The molecule has 0 bridgehead atoms. The number of hydrogen-bond acceptors (Lipinski definition) is 6. The minimum absolute atomic E-state index is 0.614. The molecule has 2 aromatic carbocycles. The standard InChI is InChI=1S/C21H24N4O2/c1-26-18-9-8-17(14-19(18)27-2)15-24-20-11-13-23-21(25-20)22-12-10-16-6-4-3-5-7-16/h3-9,11,13-14H,10,12,15H2,1-2H3,(H2,22,23,24,25). The third kappa shape index (κ3) is 5.34. The van der Waals surface area contributed by atoms with Gasteiger partial charge in [0.1, 0.15) is 5.82 Å². The number of hydrogen-bond donors (Lipinski definition) is 2. The molecule has 3 aromatic rings. The summed E-state index contributed by atoms with van der Waals surface area (Å²) < 4.78 is 10.6. The largest absolute Gasteiger partial charge is 0.493 e. The molecule has 0 saturated carbocycles. The van der Waals surface area contributed by atoms with E-state index in [1.54, 1.807) is 20.4 Å². The van der Waals surface area contributed by atoms with Gasteiger partial charge < -0.3 is 20.1 Å². The summed E-state index contributed by atoms with van der Waals surface area (Å²) in [5.41, 5.74) is 2.36. The van der Waals surface area contributed by atoms with Crippen LogP contribution in [0, 0.1) is 0 Å². The summed E-state index contributed by atoms with van der Waals surface area (Å²) in [6, 6.07) is 18.0. The molecule has 0 saturated heterocycles. The van der Waals surface area contributed by atoms with Crippen molar-refractivity contribution in [3.8, 4) is 11.5 Å². The van der Waals surface area contributed by atoms with Crippen LogP contribution in [0.1, 0.15) is 11.1 Å². The van der Waals surface area contributed by atoms with Gasteiger partial charge in [0.15, 0.2) is 11.5 Å². The predicted octanol–water partition coefficient (Wildman–Crippen LogP) is 3.76. The molecule has 1 heterocycles. The first-order valence-corrected chi connectivity index (χ1v) is 8.84. The summed E-state index contributed by atoms with van der Waals surface area (Å²) in [5, 5.41) is 6.58. The van der Waals surface area contributed by atoms with Gasteiger partial charge in [-0.05, 0) is 35.7 Å². The van der Waals surface area contributed by atoms with E-state index in [0.717, 1.165) is 24.3 Å². The Morgan fingerprint density at radius 3 is 2.44 bits per heavy atom. The Morgan fingerprint density at radius 1 is 0.852 bits per heavy atom. The molecule has 0 aliphatic carbocycles. The van der Waals surface area contributed by atoms with Crippen molar-refractivity contribution in [2.24, 2.45) is 0 Å². The lowest BCUT2D eigenvalue weighted by molar-refractivity contribution is 0.354. The fourth-order valence-corrected chi connectivity index (χ4v) is 2.69. The van der Waals surface area contributed by atoms with Gasteiger partial charge in [0.2, 0.25) is 5.95 Å². The molecule has 3 rings (SSSR count). The molecular weight excluding hydrogens is 340 g/mol. The van der Waals surface area contributed by atoms with Crippen molar-refractivity contribution in [1.29, 1.82) is 0 Å². The Hall–Kier alpha value is -3.28. The van der Waals surface area contributed by atoms with Crippen LogP contribution in [0.3, 0.4) is 0 Å². The monoisotopic (exact) mass is 364 g/mol. The summed E-state index contributed by atoms with van der Waals surface area (Å²) >= 11 is 0. The van der Waals surface area contributed by atoms with Crippen molar-refractivity contribution in [2.45, 2.75) is 13.0 Å². The molecule has 0 aliphatic heterocycles. The topological polar surface area (TPSA) is 68.3 Å². The van der Waals surface area contributed by atoms with Crippen LogP contribution in [-0.2, 0) is 13.0 Å². The van der Waals surface area contributed by atoms with E-state index in [1.165, 1.54) is 5.56 Å². The minimum Gasteiger partial charge on any atom is -0.493 e. The smallest absolute Gasteiger partial charge is 0.224 e. The SMILES string of the molecule is COc1ccc(CNc2ccnc(NCCc3ccccc3)n2)cc1OC. The molecule has 6 nitrogen and oxygen atoms in total. The van der Waals surface area contributed by atoms with Gasteiger partial charge >= 0.3 is 0 Å². The highest BCUT2D eigenvalue weighted by Crippen LogP contribution is 2.27. The maximum absolute atomic E-state index is 5.34. The van der Waals surface area contributed by atoms with E-state index in [9.17, 15) is 0 Å². The highest BCUT2D eigenvalue weighted by molar-refractivity contribution is 5.45. The molecule has 0 spiro atoms. The third-order valence-corrected chi connectivity index (χ3v) is 4.12. The molecule has 1 aromatic heterocycles. The van der Waals surface area contributed by atoms with E-state index in [2.05, 4.69) is 32.7 Å². The number of methoxy groups -OCH3 is 2. The number of benzene rings is 2. The first kappa shape index (κ1) is 18.5. The Bertz CT molecular complexity index is 856. The van der Waals surface area contributed by atoms with E-state index in [0.29, 0.717) is 24.0 Å². The molecule has 0 unspecified atom stereocenters. The molecule has 140 valence electrons. The van der Waals surface area contributed by atoms with Gasteiger partial charge in [-0.15, -0.1) is 0 Å². The Kier molecular flexibility index (Phi) is 6.46. The summed E-state index contributed by atoms with van der Waals surface area (Å²) in [5.74, 6) is 2.81. The fraction of sp³-hybridized carbons (Fsp3) is 0.238. The predicted molar refractivity (Wildman–Crippen MR) is 108 cm³/mol. The second-order valence-electron chi connectivity index (χ2n) is 5.97. The molecule has 2 N–H and O–H groups in total. The van der Waals surface area contributed by atoms with E-state index in [1.807, 2.05) is 42.5 Å². The van der Waals surface area contributed by atoms with E-state index < -0.39 is 0 Å². The van der Waals surface area contributed by atoms with Crippen molar-refractivity contribution in [3.63, 3.8) is 0 Å². The fourth-order valence-electron chi connectivity index (χ4n) is 2.69. The summed E-state index contributed by atoms with van der Waals surface area (Å²) in [6.45, 7) is 1.41. The van der Waals surface area contributed by atoms with Crippen LogP contribution >= 0.6 is 0 Å². The van der Waals surface area contributed by atoms with Gasteiger partial charge in [-0.2, -0.15) is 4.98 Å². The van der Waals surface area contributed by atoms with Gasteiger partial charge in [-0.3, -0.25) is 0 Å². The number of aromatic nitrogens is 2. The summed E-state index contributed by atoms with van der Waals surface area (Å²) in [4.78, 5) is 8.78. The molecule has 0 amide bonds. The molecule has 0 aliphatic rings. The zero-order chi connectivity index (χ0) is 18.9. The summed E-state index contributed by atoms with van der Waals surface area (Å²) in [7, 11) is 3.26. The van der Waals surface area contributed by atoms with Gasteiger partial charge in [-0.25, -0.2) is 4.98 Å². The van der Waals surface area contributed by atoms with Crippen LogP contribution in [0.25, 0.3) is 0 Å². The zero-order valence-electron chi connectivity index (χ0n) is 15.6. The molecular formula is C21H24N4O2. The maximum Gasteiger partial charge on any atom is 0.224 e. The Labute approximate surface area is 159 Å². The third-order valence-electron chi connectivity index (χ3n) is 4.12. The van der Waals surface area contributed by atoms with Crippen LogP contribution in [0.4, 0.5) is 11.8 Å². The maximum atomic E-state index is 5.34. The lowest BCUT2D eigenvalue weighted by Gasteiger charge is -2.11. The van der Waals surface area contributed by atoms with Gasteiger partial charge in [0, 0.05) is 19.3 Å². The molecule has 27 heavy (non-hydrogen) atoms. The highest BCUT2D eigenvalue weighted by Gasteiger charge is 2.05. The minimum atomic E-state index is 0.614. The van der Waals surface area contributed by atoms with Gasteiger partial charge in [0.25, 0.3) is 0 Å². The molecule has 0 fully saturated rings. The second-order valence-corrected chi connectivity index (χ2v) is 5.97. The average Bonchev–Trinajstić information content (AvgIpc) is 2.73. The first-order valence-electron chi connectivity index (χ1n) is 8.84. The molecule has 0 radical (unpaired) electrons. The first-order chi connectivity index (χ1) is 13.3. The molecule has 6 heteroatoms. The van der Waals surface area contributed by atoms with Gasteiger partial charge in [-0.1, -0.05) is 36.4 Å². The van der Waals surface area contributed by atoms with E-state index in [4.69, 9.17) is 9.47 Å². The van der Waals surface area contributed by atoms with Crippen molar-refractivity contribution in [1.82, 2.24) is 9.97 Å². The number of nitrogens with one attached hydrogen (secondary N) is 2. The van der Waals surface area contributed by atoms with Crippen LogP contribution in [0.2, 0.25) is 0 Å². The number of nitrogens with zero attached hydrogens (tertiary/aromatic N) is 2. The van der Waals surface area contributed by atoms with E-state index in [-0.39, 0.29) is 0 Å². The Morgan fingerprint density at radius 2 is 1.67 bits per heavy atom. The average molecular weight is 364 g/mol. The van der Waals surface area contributed by atoms with Gasteiger partial charge in [0.05, 0.1) is 14.2 Å². The summed E-state index contributed by atoms with van der Waals surface area (Å²) in [6.07, 6.45) is 2.67. The van der Waals surface area contributed by atoms with Crippen LogP contribution < -0.4 is 20.1 Å². The number of ether oxygens (including phenoxy) is 2. The normalized spacial score (nSPS) is 10.3. The van der Waals surface area contributed by atoms with Crippen LogP contribution in [-0.4, -0.2) is 30.7 Å². The number of rotatable bonds is 9. The Balaban J connectivity index is 1.54. The zero-order valence-corrected chi connectivity index (χ0v) is 15.6. The molecule has 0 atom stereocenters. The van der Waals surface area contributed by atoms with Crippen molar-refractivity contribution in [3.05, 3.63) is 71.9 Å². The van der Waals surface area contributed by atoms with Crippen LogP contribution in [0.5, 0.6) is 11.5 Å². The number of anilines is 2. The highest BCUT2D eigenvalue weighted by atomic mass is 16.5. The van der Waals surface area contributed by atoms with E-state index >= 15 is 0 Å². The van der Waals surface area contributed by atoms with Crippen molar-refractivity contribution < 1.29 is 9.47 Å². The quantitative estimate of drug-likeness (QED) is 0.603. The lowest BCUT2D eigenvalue weighted by atomic mass is 10.1. The second kappa shape index (κ2) is 9.43.